The van der Waals surface area contributed by atoms with E-state index in [4.69, 9.17) is 16.3 Å². The molecule has 1 rings (SSSR count). The van der Waals surface area contributed by atoms with E-state index in [0.29, 0.717) is 17.3 Å². The van der Waals surface area contributed by atoms with E-state index in [0.717, 1.165) is 12.1 Å². The van der Waals surface area contributed by atoms with Crippen LogP contribution in [0.2, 0.25) is 5.02 Å². The predicted molar refractivity (Wildman–Crippen MR) is 82.3 cm³/mol. The van der Waals surface area contributed by atoms with Gasteiger partial charge in [-0.05, 0) is 45.5 Å². The van der Waals surface area contributed by atoms with Crippen LogP contribution in [0.1, 0.15) is 39.3 Å². The number of amides is 1. The molecule has 5 heteroatoms. The molecule has 0 fully saturated rings. The van der Waals surface area contributed by atoms with Crippen molar-refractivity contribution in [3.63, 3.8) is 0 Å². The highest BCUT2D eigenvalue weighted by Crippen LogP contribution is 2.29. The molecule has 1 aromatic rings. The summed E-state index contributed by atoms with van der Waals surface area (Å²) < 4.78 is 5.77. The largest absolute Gasteiger partial charge is 0.481 e. The van der Waals surface area contributed by atoms with Gasteiger partial charge < -0.3 is 15.4 Å². The van der Waals surface area contributed by atoms with E-state index < -0.39 is 6.10 Å². The summed E-state index contributed by atoms with van der Waals surface area (Å²) in [5.74, 6) is 0.561. The molecule has 2 N–H and O–H groups in total. The fourth-order valence-corrected chi connectivity index (χ4v) is 2.12. The van der Waals surface area contributed by atoms with E-state index in [1.807, 2.05) is 26.8 Å². The molecule has 0 heterocycles. The monoisotopic (exact) mass is 298 g/mol. The summed E-state index contributed by atoms with van der Waals surface area (Å²) in [7, 11) is 0. The first kappa shape index (κ1) is 16.8. The van der Waals surface area contributed by atoms with Crippen LogP contribution in [-0.2, 0) is 4.79 Å². The standard InChI is InChI=1S/C15H23ClN2O2/c1-5-17-10(3)13-9-12(16)7-8-14(13)20-11(4)15(19)18-6-2/h7-11,17H,5-6H2,1-4H3,(H,18,19). The predicted octanol–water partition coefficient (Wildman–Crippen LogP) is 2.91. The van der Waals surface area contributed by atoms with Gasteiger partial charge in [-0.2, -0.15) is 0 Å². The maximum absolute atomic E-state index is 11.7. The Hall–Kier alpha value is -1.26. The molecule has 0 aliphatic rings. The van der Waals surface area contributed by atoms with E-state index in [1.165, 1.54) is 0 Å². The summed E-state index contributed by atoms with van der Waals surface area (Å²) in [5, 5.41) is 6.72. The van der Waals surface area contributed by atoms with Crippen LogP contribution >= 0.6 is 11.6 Å². The Morgan fingerprint density at radius 2 is 2.00 bits per heavy atom. The lowest BCUT2D eigenvalue weighted by molar-refractivity contribution is -0.127. The number of halogens is 1. The van der Waals surface area contributed by atoms with E-state index in [1.54, 1.807) is 19.1 Å². The van der Waals surface area contributed by atoms with Gasteiger partial charge in [-0.15, -0.1) is 0 Å². The van der Waals surface area contributed by atoms with Crippen LogP contribution in [0.25, 0.3) is 0 Å². The molecule has 0 saturated heterocycles. The van der Waals surface area contributed by atoms with Gasteiger partial charge in [0.2, 0.25) is 0 Å². The lowest BCUT2D eigenvalue weighted by atomic mass is 10.1. The highest BCUT2D eigenvalue weighted by atomic mass is 35.5. The Balaban J connectivity index is 2.91. The van der Waals surface area contributed by atoms with Gasteiger partial charge in [-0.25, -0.2) is 0 Å². The van der Waals surface area contributed by atoms with Crippen LogP contribution in [-0.4, -0.2) is 25.1 Å². The first-order chi connectivity index (χ1) is 9.49. The molecule has 2 unspecified atom stereocenters. The minimum atomic E-state index is -0.538. The van der Waals surface area contributed by atoms with E-state index in [-0.39, 0.29) is 11.9 Å². The fraction of sp³-hybridized carbons (Fsp3) is 0.533. The van der Waals surface area contributed by atoms with Crippen LogP contribution in [0.5, 0.6) is 5.75 Å². The van der Waals surface area contributed by atoms with Gasteiger partial charge >= 0.3 is 0 Å². The lowest BCUT2D eigenvalue weighted by Gasteiger charge is -2.21. The van der Waals surface area contributed by atoms with Crippen LogP contribution in [0.4, 0.5) is 0 Å². The van der Waals surface area contributed by atoms with Crippen molar-refractivity contribution in [3.05, 3.63) is 28.8 Å². The topological polar surface area (TPSA) is 50.4 Å². The van der Waals surface area contributed by atoms with Crippen LogP contribution in [0.3, 0.4) is 0 Å². The van der Waals surface area contributed by atoms with Gasteiger partial charge in [0.25, 0.3) is 5.91 Å². The summed E-state index contributed by atoms with van der Waals surface area (Å²) in [6.45, 7) is 9.14. The Morgan fingerprint density at radius 3 is 2.60 bits per heavy atom. The van der Waals surface area contributed by atoms with Gasteiger partial charge in [0, 0.05) is 23.2 Å². The molecule has 0 aliphatic heterocycles. The lowest BCUT2D eigenvalue weighted by Crippen LogP contribution is -2.36. The summed E-state index contributed by atoms with van der Waals surface area (Å²) in [5.41, 5.74) is 0.954. The smallest absolute Gasteiger partial charge is 0.260 e. The van der Waals surface area contributed by atoms with Crippen LogP contribution in [0, 0.1) is 0 Å². The minimum absolute atomic E-state index is 0.107. The molecule has 0 aliphatic carbocycles. The number of carbonyl (C=O) groups excluding carboxylic acids is 1. The average Bonchev–Trinajstić information content (AvgIpc) is 2.41. The average molecular weight is 299 g/mol. The molecule has 0 radical (unpaired) electrons. The molecule has 0 spiro atoms. The molecule has 2 atom stereocenters. The third-order valence-corrected chi connectivity index (χ3v) is 3.21. The maximum atomic E-state index is 11.7. The quantitative estimate of drug-likeness (QED) is 0.814. The fourth-order valence-electron chi connectivity index (χ4n) is 1.94. The number of rotatable bonds is 7. The van der Waals surface area contributed by atoms with Crippen molar-refractivity contribution in [2.75, 3.05) is 13.1 Å². The molecule has 4 nitrogen and oxygen atoms in total. The first-order valence-electron chi connectivity index (χ1n) is 6.96. The van der Waals surface area contributed by atoms with Gasteiger partial charge in [0.05, 0.1) is 0 Å². The van der Waals surface area contributed by atoms with Crippen molar-refractivity contribution in [3.8, 4) is 5.75 Å². The molecule has 1 amide bonds. The number of hydrogen-bond donors (Lipinski definition) is 2. The molecular formula is C15H23ClN2O2. The van der Waals surface area contributed by atoms with Crippen LogP contribution < -0.4 is 15.4 Å². The summed E-state index contributed by atoms with van der Waals surface area (Å²) in [4.78, 5) is 11.7. The second kappa shape index (κ2) is 8.12. The van der Waals surface area contributed by atoms with Crippen molar-refractivity contribution in [1.29, 1.82) is 0 Å². The van der Waals surface area contributed by atoms with Crippen molar-refractivity contribution in [1.82, 2.24) is 10.6 Å². The Bertz CT molecular complexity index is 451. The summed E-state index contributed by atoms with van der Waals surface area (Å²) in [6.07, 6.45) is -0.538. The summed E-state index contributed by atoms with van der Waals surface area (Å²) >= 11 is 6.05. The Labute approximate surface area is 125 Å². The number of nitrogens with one attached hydrogen (secondary N) is 2. The van der Waals surface area contributed by atoms with E-state index >= 15 is 0 Å². The van der Waals surface area contributed by atoms with Crippen LogP contribution in [0.15, 0.2) is 18.2 Å². The zero-order valence-corrected chi connectivity index (χ0v) is 13.3. The van der Waals surface area contributed by atoms with Gasteiger partial charge in [-0.1, -0.05) is 18.5 Å². The van der Waals surface area contributed by atoms with E-state index in [9.17, 15) is 4.79 Å². The van der Waals surface area contributed by atoms with Crippen molar-refractivity contribution in [2.45, 2.75) is 39.8 Å². The zero-order valence-electron chi connectivity index (χ0n) is 12.5. The number of benzene rings is 1. The van der Waals surface area contributed by atoms with Gasteiger partial charge in [-0.3, -0.25) is 4.79 Å². The molecule has 0 saturated carbocycles. The third kappa shape index (κ3) is 4.69. The highest BCUT2D eigenvalue weighted by Gasteiger charge is 2.18. The van der Waals surface area contributed by atoms with Gasteiger partial charge in [0.15, 0.2) is 6.10 Å². The zero-order chi connectivity index (χ0) is 15.1. The minimum Gasteiger partial charge on any atom is -0.481 e. The third-order valence-electron chi connectivity index (χ3n) is 2.97. The molecular weight excluding hydrogens is 276 g/mol. The molecule has 0 bridgehead atoms. The van der Waals surface area contributed by atoms with Crippen molar-refractivity contribution in [2.24, 2.45) is 0 Å². The molecule has 1 aromatic carbocycles. The molecule has 0 aromatic heterocycles. The van der Waals surface area contributed by atoms with Crippen molar-refractivity contribution < 1.29 is 9.53 Å². The number of hydrogen-bond acceptors (Lipinski definition) is 3. The van der Waals surface area contributed by atoms with Gasteiger partial charge in [0.1, 0.15) is 5.75 Å². The van der Waals surface area contributed by atoms with E-state index in [2.05, 4.69) is 10.6 Å². The first-order valence-corrected chi connectivity index (χ1v) is 7.34. The molecule has 20 heavy (non-hydrogen) atoms. The SMILES string of the molecule is CCNC(=O)C(C)Oc1ccc(Cl)cc1C(C)NCC. The maximum Gasteiger partial charge on any atom is 0.260 e. The number of likely N-dealkylation sites (N-methyl/N-ethyl adjacent to an activating group) is 1. The normalized spacial score (nSPS) is 13.7. The number of carbonyl (C=O) groups is 1. The molecule has 112 valence electrons. The second-order valence-corrected chi connectivity index (χ2v) is 5.05. The number of ether oxygens (including phenoxy) is 1. The Kier molecular flexibility index (Phi) is 6.82. The summed E-state index contributed by atoms with van der Waals surface area (Å²) in [6, 6.07) is 5.55. The van der Waals surface area contributed by atoms with Crippen molar-refractivity contribution >= 4 is 17.5 Å². The second-order valence-electron chi connectivity index (χ2n) is 4.62. The Morgan fingerprint density at radius 1 is 1.30 bits per heavy atom. The highest BCUT2D eigenvalue weighted by molar-refractivity contribution is 6.30.